The molecule has 1 N–H and O–H groups in total. The van der Waals surface area contributed by atoms with E-state index in [2.05, 4.69) is 15.2 Å². The number of rotatable bonds is 0. The summed E-state index contributed by atoms with van der Waals surface area (Å²) in [5.74, 6) is 0. The standard InChI is InChI=1S/C7H7N3.H2/c1-5-7-6(10-9-5)3-2-4-8-7;/h2-4H,1H3,(H,9,10);1H. The topological polar surface area (TPSA) is 41.6 Å². The molecule has 0 aliphatic rings. The summed E-state index contributed by atoms with van der Waals surface area (Å²) in [6.07, 6.45) is 1.77. The van der Waals surface area contributed by atoms with Gasteiger partial charge in [0, 0.05) is 7.62 Å². The Kier molecular flexibility index (Phi) is 0.974. The van der Waals surface area contributed by atoms with Crippen LogP contribution in [-0.2, 0) is 0 Å². The highest BCUT2D eigenvalue weighted by atomic mass is 15.1. The molecule has 0 bridgehead atoms. The van der Waals surface area contributed by atoms with Gasteiger partial charge in [0.25, 0.3) is 0 Å². The molecule has 0 unspecified atom stereocenters. The van der Waals surface area contributed by atoms with Gasteiger partial charge in [0.05, 0.1) is 5.69 Å². The fraction of sp³-hybridized carbons (Fsp3) is 0.143. The van der Waals surface area contributed by atoms with Crippen LogP contribution in [0.15, 0.2) is 18.3 Å². The van der Waals surface area contributed by atoms with E-state index in [1.54, 1.807) is 6.20 Å². The highest BCUT2D eigenvalue weighted by Crippen LogP contribution is 2.09. The summed E-state index contributed by atoms with van der Waals surface area (Å²) in [6.45, 7) is 1.96. The van der Waals surface area contributed by atoms with Crippen LogP contribution in [0.5, 0.6) is 0 Å². The van der Waals surface area contributed by atoms with Crippen molar-refractivity contribution in [3.63, 3.8) is 0 Å². The van der Waals surface area contributed by atoms with E-state index in [0.717, 1.165) is 16.7 Å². The molecule has 0 amide bonds. The molecule has 2 aromatic heterocycles. The second-order valence-electron chi connectivity index (χ2n) is 2.22. The third kappa shape index (κ3) is 0.603. The summed E-state index contributed by atoms with van der Waals surface area (Å²) in [4.78, 5) is 4.15. The quantitative estimate of drug-likeness (QED) is 0.595. The first-order chi connectivity index (χ1) is 4.88. The molecule has 3 heteroatoms. The zero-order chi connectivity index (χ0) is 6.97. The third-order valence-corrected chi connectivity index (χ3v) is 1.49. The van der Waals surface area contributed by atoms with E-state index < -0.39 is 0 Å². The highest BCUT2D eigenvalue weighted by molar-refractivity contribution is 5.75. The molecule has 10 heavy (non-hydrogen) atoms. The van der Waals surface area contributed by atoms with Gasteiger partial charge in [0.1, 0.15) is 11.0 Å². The maximum atomic E-state index is 4.15. The van der Waals surface area contributed by atoms with Crippen molar-refractivity contribution >= 4 is 11.0 Å². The van der Waals surface area contributed by atoms with E-state index in [0.29, 0.717) is 0 Å². The van der Waals surface area contributed by atoms with Crippen molar-refractivity contribution in [1.29, 1.82) is 0 Å². The summed E-state index contributed by atoms with van der Waals surface area (Å²) in [7, 11) is 0. The zero-order valence-electron chi connectivity index (χ0n) is 5.63. The number of aryl methyl sites for hydroxylation is 1. The summed E-state index contributed by atoms with van der Waals surface area (Å²) >= 11 is 0. The van der Waals surface area contributed by atoms with Gasteiger partial charge in [-0.1, -0.05) is 0 Å². The minimum atomic E-state index is 0. The Morgan fingerprint density at radius 3 is 3.30 bits per heavy atom. The monoisotopic (exact) mass is 135 g/mol. The molecule has 0 spiro atoms. The molecule has 2 rings (SSSR count). The number of fused-ring (bicyclic) bond motifs is 1. The molecule has 0 aliphatic carbocycles. The molecule has 0 aliphatic heterocycles. The first-order valence-corrected chi connectivity index (χ1v) is 3.13. The van der Waals surface area contributed by atoms with Crippen LogP contribution in [0.4, 0.5) is 0 Å². The van der Waals surface area contributed by atoms with E-state index >= 15 is 0 Å². The minimum absolute atomic E-state index is 0. The Hall–Kier alpha value is -1.38. The van der Waals surface area contributed by atoms with Crippen molar-refractivity contribution in [1.82, 2.24) is 15.2 Å². The van der Waals surface area contributed by atoms with Crippen LogP contribution < -0.4 is 0 Å². The summed E-state index contributed by atoms with van der Waals surface area (Å²) in [5, 5.41) is 6.89. The van der Waals surface area contributed by atoms with Gasteiger partial charge in [-0.2, -0.15) is 5.10 Å². The lowest BCUT2D eigenvalue weighted by atomic mass is 10.3. The van der Waals surface area contributed by atoms with Crippen molar-refractivity contribution < 1.29 is 1.43 Å². The summed E-state index contributed by atoms with van der Waals surface area (Å²) < 4.78 is 0. The van der Waals surface area contributed by atoms with E-state index in [9.17, 15) is 0 Å². The summed E-state index contributed by atoms with van der Waals surface area (Å²) in [6, 6.07) is 3.81. The maximum Gasteiger partial charge on any atom is 0.111 e. The second kappa shape index (κ2) is 1.80. The molecule has 3 nitrogen and oxygen atoms in total. The van der Waals surface area contributed by atoms with Gasteiger partial charge in [0.15, 0.2) is 0 Å². The molecular weight excluding hydrogens is 126 g/mol. The Bertz CT molecular complexity index is 355. The SMILES string of the molecule is Cc1[nH]nc2cccnc12.[HH]. The number of aromatic amines is 1. The van der Waals surface area contributed by atoms with Crippen molar-refractivity contribution in [2.24, 2.45) is 0 Å². The minimum Gasteiger partial charge on any atom is -0.280 e. The van der Waals surface area contributed by atoms with Gasteiger partial charge >= 0.3 is 0 Å². The molecule has 2 heterocycles. The number of nitrogens with zero attached hydrogens (tertiary/aromatic N) is 2. The van der Waals surface area contributed by atoms with Gasteiger partial charge < -0.3 is 0 Å². The largest absolute Gasteiger partial charge is 0.280 e. The van der Waals surface area contributed by atoms with Crippen LogP contribution in [0.25, 0.3) is 11.0 Å². The Morgan fingerprint density at radius 1 is 1.60 bits per heavy atom. The van der Waals surface area contributed by atoms with Crippen LogP contribution in [0.2, 0.25) is 0 Å². The second-order valence-corrected chi connectivity index (χ2v) is 2.22. The Balaban J connectivity index is 0.000000605. The molecule has 2 aromatic rings. The predicted molar refractivity (Wildman–Crippen MR) is 40.7 cm³/mol. The van der Waals surface area contributed by atoms with Gasteiger partial charge in [-0.05, 0) is 19.1 Å². The van der Waals surface area contributed by atoms with Crippen molar-refractivity contribution in [2.45, 2.75) is 6.92 Å². The number of nitrogens with one attached hydrogen (secondary N) is 1. The third-order valence-electron chi connectivity index (χ3n) is 1.49. The summed E-state index contributed by atoms with van der Waals surface area (Å²) in [5.41, 5.74) is 2.91. The molecule has 0 atom stereocenters. The zero-order valence-corrected chi connectivity index (χ0v) is 5.63. The molecule has 0 radical (unpaired) electrons. The normalized spacial score (nSPS) is 10.5. The van der Waals surface area contributed by atoms with E-state index in [1.807, 2.05) is 19.1 Å². The number of hydrogen-bond acceptors (Lipinski definition) is 2. The first kappa shape index (κ1) is 5.41. The average molecular weight is 135 g/mol. The fourth-order valence-corrected chi connectivity index (χ4v) is 0.973. The number of aromatic nitrogens is 3. The van der Waals surface area contributed by atoms with Crippen molar-refractivity contribution in [2.75, 3.05) is 0 Å². The molecule has 0 saturated carbocycles. The van der Waals surface area contributed by atoms with Crippen LogP contribution in [-0.4, -0.2) is 15.2 Å². The van der Waals surface area contributed by atoms with Gasteiger partial charge in [-0.3, -0.25) is 10.1 Å². The number of pyridine rings is 1. The fourth-order valence-electron chi connectivity index (χ4n) is 0.973. The predicted octanol–water partition coefficient (Wildman–Crippen LogP) is 1.51. The molecule has 0 saturated heterocycles. The molecule has 0 fully saturated rings. The number of H-pyrrole nitrogens is 1. The van der Waals surface area contributed by atoms with Crippen LogP contribution in [0.3, 0.4) is 0 Å². The van der Waals surface area contributed by atoms with Crippen molar-refractivity contribution in [3.05, 3.63) is 24.0 Å². The van der Waals surface area contributed by atoms with Gasteiger partial charge in [-0.15, -0.1) is 0 Å². The Labute approximate surface area is 59.6 Å². The smallest absolute Gasteiger partial charge is 0.111 e. The highest BCUT2D eigenvalue weighted by Gasteiger charge is 1.98. The lowest BCUT2D eigenvalue weighted by Gasteiger charge is -1.83. The van der Waals surface area contributed by atoms with Gasteiger partial charge in [-0.25, -0.2) is 0 Å². The average Bonchev–Trinajstić information content (AvgIpc) is 2.34. The Morgan fingerprint density at radius 2 is 2.50 bits per heavy atom. The van der Waals surface area contributed by atoms with E-state index in [-0.39, 0.29) is 1.43 Å². The molecule has 0 aromatic carbocycles. The van der Waals surface area contributed by atoms with Crippen molar-refractivity contribution in [3.8, 4) is 0 Å². The maximum absolute atomic E-state index is 4.15. The van der Waals surface area contributed by atoms with E-state index in [4.69, 9.17) is 0 Å². The van der Waals surface area contributed by atoms with Crippen LogP contribution >= 0.6 is 0 Å². The lowest BCUT2D eigenvalue weighted by Crippen LogP contribution is -1.73. The first-order valence-electron chi connectivity index (χ1n) is 3.13. The lowest BCUT2D eigenvalue weighted by molar-refractivity contribution is 1.07. The van der Waals surface area contributed by atoms with Crippen LogP contribution in [0, 0.1) is 6.92 Å². The molecular formula is C7H9N3. The van der Waals surface area contributed by atoms with E-state index in [1.165, 1.54) is 0 Å². The van der Waals surface area contributed by atoms with Gasteiger partial charge in [0.2, 0.25) is 0 Å². The molecule has 52 valence electrons. The number of hydrogen-bond donors (Lipinski definition) is 1. The van der Waals surface area contributed by atoms with Crippen LogP contribution in [0.1, 0.15) is 7.12 Å².